The minimum Gasteiger partial charge on any atom is -0.368 e. The number of nitrogens with two attached hydrogens (primary N) is 1. The fraction of sp³-hybridized carbons (Fsp3) is 0.250. The van der Waals surface area contributed by atoms with Crippen molar-refractivity contribution in [1.29, 1.82) is 0 Å². The van der Waals surface area contributed by atoms with E-state index in [4.69, 9.17) is 5.73 Å². The number of carbonyl (C=O) groups is 3. The van der Waals surface area contributed by atoms with Crippen molar-refractivity contribution in [3.63, 3.8) is 0 Å². The van der Waals surface area contributed by atoms with Gasteiger partial charge < -0.3 is 16.4 Å². The van der Waals surface area contributed by atoms with Gasteiger partial charge in [-0.25, -0.2) is 8.78 Å². The third kappa shape index (κ3) is 6.46. The molecule has 0 saturated heterocycles. The highest BCUT2D eigenvalue weighted by atomic mass is 19.1. The van der Waals surface area contributed by atoms with E-state index in [1.807, 2.05) is 0 Å². The van der Waals surface area contributed by atoms with Gasteiger partial charge in [0.1, 0.15) is 23.7 Å². The summed E-state index contributed by atoms with van der Waals surface area (Å²) in [4.78, 5) is 35.9. The van der Waals surface area contributed by atoms with Crippen LogP contribution in [0, 0.1) is 11.6 Å². The molecule has 3 amide bonds. The molecule has 8 heteroatoms. The second kappa shape index (κ2) is 9.59. The maximum atomic E-state index is 13.4. The number of hydrogen-bond acceptors (Lipinski definition) is 3. The molecule has 4 N–H and O–H groups in total. The molecule has 0 aliphatic carbocycles. The highest BCUT2D eigenvalue weighted by Crippen LogP contribution is 2.09. The molecular weight excluding hydrogens is 368 g/mol. The minimum absolute atomic E-state index is 0.00834. The van der Waals surface area contributed by atoms with Gasteiger partial charge in [0, 0.05) is 19.8 Å². The van der Waals surface area contributed by atoms with Gasteiger partial charge in [-0.2, -0.15) is 0 Å². The van der Waals surface area contributed by atoms with Crippen LogP contribution in [-0.4, -0.2) is 29.8 Å². The Labute approximate surface area is 161 Å². The van der Waals surface area contributed by atoms with Crippen LogP contribution >= 0.6 is 0 Å². The second-order valence-corrected chi connectivity index (χ2v) is 6.38. The quantitative estimate of drug-likeness (QED) is 0.633. The van der Waals surface area contributed by atoms with Crippen molar-refractivity contribution in [2.45, 2.75) is 31.8 Å². The van der Waals surface area contributed by atoms with Crippen LogP contribution in [0.25, 0.3) is 0 Å². The lowest BCUT2D eigenvalue weighted by atomic mass is 10.0. The maximum absolute atomic E-state index is 13.4. The Hall–Kier alpha value is -3.29. The third-order valence-corrected chi connectivity index (χ3v) is 4.01. The van der Waals surface area contributed by atoms with E-state index in [0.717, 1.165) is 0 Å². The van der Waals surface area contributed by atoms with Gasteiger partial charge in [-0.3, -0.25) is 14.4 Å². The SMILES string of the molecule is CC(=O)N[C@H](Cc1cccc(F)c1)C(=O)N[C@H](Cc1cccc(F)c1)C(N)=O. The van der Waals surface area contributed by atoms with E-state index in [0.29, 0.717) is 11.1 Å². The van der Waals surface area contributed by atoms with Crippen molar-refractivity contribution in [2.24, 2.45) is 5.73 Å². The van der Waals surface area contributed by atoms with Gasteiger partial charge >= 0.3 is 0 Å². The minimum atomic E-state index is -1.10. The van der Waals surface area contributed by atoms with E-state index >= 15 is 0 Å². The van der Waals surface area contributed by atoms with Crippen LogP contribution in [-0.2, 0) is 27.2 Å². The number of primary amides is 1. The molecule has 0 aliphatic rings. The van der Waals surface area contributed by atoms with Crippen molar-refractivity contribution >= 4 is 17.7 Å². The molecule has 0 aliphatic heterocycles. The number of rotatable bonds is 8. The Morgan fingerprint density at radius 1 is 0.893 bits per heavy atom. The summed E-state index contributed by atoms with van der Waals surface area (Å²) in [6.07, 6.45) is 0.0141. The number of amides is 3. The van der Waals surface area contributed by atoms with Crippen LogP contribution in [0.2, 0.25) is 0 Å². The third-order valence-electron chi connectivity index (χ3n) is 4.01. The lowest BCUT2D eigenvalue weighted by Crippen LogP contribution is -2.54. The molecule has 0 aromatic heterocycles. The molecule has 0 bridgehead atoms. The zero-order valence-corrected chi connectivity index (χ0v) is 15.2. The van der Waals surface area contributed by atoms with Crippen LogP contribution in [0.15, 0.2) is 48.5 Å². The topological polar surface area (TPSA) is 101 Å². The molecular formula is C20H21F2N3O3. The predicted molar refractivity (Wildman–Crippen MR) is 98.9 cm³/mol. The monoisotopic (exact) mass is 389 g/mol. The molecule has 0 saturated carbocycles. The fourth-order valence-electron chi connectivity index (χ4n) is 2.75. The summed E-state index contributed by atoms with van der Waals surface area (Å²) in [5, 5.41) is 4.96. The normalized spacial score (nSPS) is 12.7. The summed E-state index contributed by atoms with van der Waals surface area (Å²) < 4.78 is 26.7. The van der Waals surface area contributed by atoms with Gasteiger partial charge in [0.2, 0.25) is 17.7 Å². The highest BCUT2D eigenvalue weighted by molar-refractivity contribution is 5.91. The summed E-state index contributed by atoms with van der Waals surface area (Å²) >= 11 is 0. The Morgan fingerprint density at radius 3 is 1.82 bits per heavy atom. The molecule has 6 nitrogen and oxygen atoms in total. The molecule has 0 radical (unpaired) electrons. The molecule has 0 fully saturated rings. The van der Waals surface area contributed by atoms with Crippen LogP contribution in [0.3, 0.4) is 0 Å². The first kappa shape index (κ1) is 21.0. The van der Waals surface area contributed by atoms with Crippen molar-refractivity contribution in [3.8, 4) is 0 Å². The van der Waals surface area contributed by atoms with Gasteiger partial charge in [-0.1, -0.05) is 24.3 Å². The summed E-state index contributed by atoms with van der Waals surface area (Å²) in [6, 6.07) is 9.06. The Kier molecular flexibility index (Phi) is 7.20. The maximum Gasteiger partial charge on any atom is 0.243 e. The number of hydrogen-bond donors (Lipinski definition) is 3. The van der Waals surface area contributed by atoms with Gasteiger partial charge in [0.25, 0.3) is 0 Å². The summed E-state index contributed by atoms with van der Waals surface area (Å²) in [5.74, 6) is -2.86. The zero-order valence-electron chi connectivity index (χ0n) is 15.2. The molecule has 28 heavy (non-hydrogen) atoms. The van der Waals surface area contributed by atoms with Crippen LogP contribution in [0.5, 0.6) is 0 Å². The first-order chi connectivity index (χ1) is 13.2. The van der Waals surface area contributed by atoms with Crippen molar-refractivity contribution in [1.82, 2.24) is 10.6 Å². The summed E-state index contributed by atoms with van der Waals surface area (Å²) in [5.41, 5.74) is 6.33. The first-order valence-corrected chi connectivity index (χ1v) is 8.60. The standard InChI is InChI=1S/C20H21F2N3O3/c1-12(26)24-18(11-14-5-3-7-16(22)9-14)20(28)25-17(19(23)27)10-13-4-2-6-15(21)8-13/h2-9,17-18H,10-11H2,1H3,(H2,23,27)(H,24,26)(H,25,28)/t17-,18-/m1/s1. The first-order valence-electron chi connectivity index (χ1n) is 8.60. The molecule has 2 aromatic carbocycles. The van der Waals surface area contributed by atoms with E-state index in [-0.39, 0.29) is 12.8 Å². The number of carbonyl (C=O) groups excluding carboxylic acids is 3. The van der Waals surface area contributed by atoms with E-state index in [1.165, 1.54) is 43.3 Å². The van der Waals surface area contributed by atoms with Crippen molar-refractivity contribution in [2.75, 3.05) is 0 Å². The Morgan fingerprint density at radius 2 is 1.39 bits per heavy atom. The largest absolute Gasteiger partial charge is 0.368 e. The van der Waals surface area contributed by atoms with E-state index in [9.17, 15) is 23.2 Å². The molecule has 148 valence electrons. The molecule has 2 aromatic rings. The molecule has 2 atom stereocenters. The molecule has 2 rings (SSSR count). The average molecular weight is 389 g/mol. The average Bonchev–Trinajstić information content (AvgIpc) is 2.60. The van der Waals surface area contributed by atoms with Crippen LogP contribution in [0.1, 0.15) is 18.1 Å². The Balaban J connectivity index is 2.14. The summed E-state index contributed by atoms with van der Waals surface area (Å²) in [7, 11) is 0. The molecule has 0 spiro atoms. The number of halogens is 2. The van der Waals surface area contributed by atoms with Gasteiger partial charge in [-0.05, 0) is 35.4 Å². The van der Waals surface area contributed by atoms with E-state index in [1.54, 1.807) is 12.1 Å². The lowest BCUT2D eigenvalue weighted by Gasteiger charge is -2.22. The summed E-state index contributed by atoms with van der Waals surface area (Å²) in [6.45, 7) is 1.24. The molecule has 0 heterocycles. The number of nitrogens with one attached hydrogen (secondary N) is 2. The predicted octanol–water partition coefficient (Wildman–Crippen LogP) is 1.22. The fourth-order valence-corrected chi connectivity index (χ4v) is 2.75. The molecule has 0 unspecified atom stereocenters. The second-order valence-electron chi connectivity index (χ2n) is 6.38. The Bertz CT molecular complexity index is 873. The van der Waals surface area contributed by atoms with Gasteiger partial charge in [0.15, 0.2) is 0 Å². The van der Waals surface area contributed by atoms with Crippen molar-refractivity contribution in [3.05, 3.63) is 71.3 Å². The van der Waals surface area contributed by atoms with Crippen LogP contribution < -0.4 is 16.4 Å². The van der Waals surface area contributed by atoms with Gasteiger partial charge in [0.05, 0.1) is 0 Å². The van der Waals surface area contributed by atoms with E-state index in [2.05, 4.69) is 10.6 Å². The highest BCUT2D eigenvalue weighted by Gasteiger charge is 2.25. The smallest absolute Gasteiger partial charge is 0.243 e. The number of benzene rings is 2. The van der Waals surface area contributed by atoms with Crippen LogP contribution in [0.4, 0.5) is 8.78 Å². The van der Waals surface area contributed by atoms with Gasteiger partial charge in [-0.15, -0.1) is 0 Å². The zero-order chi connectivity index (χ0) is 20.7. The van der Waals surface area contributed by atoms with Crippen molar-refractivity contribution < 1.29 is 23.2 Å². The van der Waals surface area contributed by atoms with E-state index < -0.39 is 41.4 Å². The lowest BCUT2D eigenvalue weighted by molar-refractivity contribution is -0.130.